The number of hydrogen-bond donors (Lipinski definition) is 1. The monoisotopic (exact) mass is 287 g/mol. The lowest BCUT2D eigenvalue weighted by atomic mass is 10.2. The second kappa shape index (κ2) is 5.06. The number of hydrogen-bond acceptors (Lipinski definition) is 3. The van der Waals surface area contributed by atoms with Crippen LogP contribution in [-0.2, 0) is 9.53 Å². The quantitative estimate of drug-likeness (QED) is 0.803. The van der Waals surface area contributed by atoms with Gasteiger partial charge in [0.15, 0.2) is 6.61 Å². The molecule has 0 radical (unpaired) electrons. The van der Waals surface area contributed by atoms with Crippen molar-refractivity contribution in [2.45, 2.75) is 12.1 Å². The van der Waals surface area contributed by atoms with Crippen LogP contribution in [0.4, 0.5) is 22.0 Å². The number of likely N-dealkylation sites (N-methyl/N-ethyl adjacent to an activating group) is 1. The van der Waals surface area contributed by atoms with E-state index < -0.39 is 24.7 Å². The predicted octanol–water partition coefficient (Wildman–Crippen LogP) is 2.00. The van der Waals surface area contributed by atoms with Crippen LogP contribution in [0.1, 0.15) is 0 Å². The first-order valence-corrected chi connectivity index (χ1v) is 4.97. The summed E-state index contributed by atoms with van der Waals surface area (Å²) in [6.45, 7) is -2.04. The second-order valence-electron chi connectivity index (χ2n) is 3.84. The number of ether oxygens (including phenoxy) is 1. The fraction of sp³-hybridized carbons (Fsp3) is 0.500. The fourth-order valence-electron chi connectivity index (χ4n) is 1.26. The molecule has 19 heavy (non-hydrogen) atoms. The number of carbonyl (C=O) groups is 1. The van der Waals surface area contributed by atoms with Crippen LogP contribution in [-0.4, -0.2) is 48.3 Å². The van der Waals surface area contributed by atoms with Gasteiger partial charge in [0.05, 0.1) is 6.54 Å². The molecular formula is C10H10F5NO3. The van der Waals surface area contributed by atoms with Crippen molar-refractivity contribution in [1.82, 2.24) is 4.90 Å². The van der Waals surface area contributed by atoms with Crippen LogP contribution >= 0.6 is 0 Å². The van der Waals surface area contributed by atoms with Gasteiger partial charge in [0.1, 0.15) is 11.5 Å². The third-order valence-electron chi connectivity index (χ3n) is 2.30. The molecule has 9 heteroatoms. The lowest BCUT2D eigenvalue weighted by Crippen LogP contribution is -2.41. The molecule has 0 unspecified atom stereocenters. The summed E-state index contributed by atoms with van der Waals surface area (Å²) in [5.74, 6) is -6.36. The molecule has 1 rings (SSSR count). The van der Waals surface area contributed by atoms with Gasteiger partial charge in [0, 0.05) is 7.05 Å². The summed E-state index contributed by atoms with van der Waals surface area (Å²) < 4.78 is 65.2. The van der Waals surface area contributed by atoms with Crippen molar-refractivity contribution in [2.24, 2.45) is 0 Å². The van der Waals surface area contributed by atoms with E-state index in [0.717, 1.165) is 17.1 Å². The minimum atomic E-state index is -5.68. The SMILES string of the molecule is CN1CC(OCC(F)(F)C(F)(F)F)=CC=C1C(=O)O. The van der Waals surface area contributed by atoms with E-state index in [0.29, 0.717) is 0 Å². The molecule has 0 aromatic carbocycles. The Morgan fingerprint density at radius 1 is 1.37 bits per heavy atom. The topological polar surface area (TPSA) is 49.8 Å². The highest BCUT2D eigenvalue weighted by atomic mass is 19.4. The number of alkyl halides is 5. The zero-order valence-electron chi connectivity index (χ0n) is 9.67. The summed E-state index contributed by atoms with van der Waals surface area (Å²) in [7, 11) is 1.35. The number of halogens is 5. The van der Waals surface area contributed by atoms with Crippen LogP contribution in [0.2, 0.25) is 0 Å². The Morgan fingerprint density at radius 3 is 2.37 bits per heavy atom. The molecule has 1 aliphatic rings. The van der Waals surface area contributed by atoms with E-state index in [1.54, 1.807) is 0 Å². The fourth-order valence-corrected chi connectivity index (χ4v) is 1.26. The molecule has 0 aromatic rings. The Balaban J connectivity index is 2.69. The molecular weight excluding hydrogens is 277 g/mol. The van der Waals surface area contributed by atoms with Gasteiger partial charge in [-0.15, -0.1) is 0 Å². The summed E-state index contributed by atoms with van der Waals surface area (Å²) >= 11 is 0. The normalized spacial score (nSPS) is 16.8. The van der Waals surface area contributed by atoms with Crippen LogP contribution in [0.3, 0.4) is 0 Å². The zero-order valence-corrected chi connectivity index (χ0v) is 9.67. The second-order valence-corrected chi connectivity index (χ2v) is 3.84. The van der Waals surface area contributed by atoms with E-state index in [2.05, 4.69) is 4.74 Å². The lowest BCUT2D eigenvalue weighted by molar-refractivity contribution is -0.294. The van der Waals surface area contributed by atoms with E-state index in [1.807, 2.05) is 0 Å². The Labute approximate surface area is 104 Å². The number of carboxylic acids is 1. The Hall–Kier alpha value is -1.80. The van der Waals surface area contributed by atoms with Gasteiger partial charge in [-0.1, -0.05) is 0 Å². The molecule has 0 saturated carbocycles. The van der Waals surface area contributed by atoms with Gasteiger partial charge in [-0.3, -0.25) is 0 Å². The highest BCUT2D eigenvalue weighted by molar-refractivity contribution is 5.86. The van der Waals surface area contributed by atoms with Crippen molar-refractivity contribution in [3.8, 4) is 0 Å². The third kappa shape index (κ3) is 3.58. The van der Waals surface area contributed by atoms with Gasteiger partial charge in [-0.2, -0.15) is 22.0 Å². The largest absolute Gasteiger partial charge is 0.489 e. The number of aliphatic carboxylic acids is 1. The first-order chi connectivity index (χ1) is 8.54. The molecule has 0 saturated heterocycles. The average Bonchev–Trinajstić information content (AvgIpc) is 2.24. The average molecular weight is 287 g/mol. The summed E-state index contributed by atoms with van der Waals surface area (Å²) in [6.07, 6.45) is -3.57. The molecule has 4 nitrogen and oxygen atoms in total. The number of rotatable bonds is 4. The lowest BCUT2D eigenvalue weighted by Gasteiger charge is -2.26. The van der Waals surface area contributed by atoms with Crippen molar-refractivity contribution in [3.63, 3.8) is 0 Å². The van der Waals surface area contributed by atoms with Gasteiger partial charge in [-0.25, -0.2) is 4.79 Å². The van der Waals surface area contributed by atoms with Gasteiger partial charge in [0.25, 0.3) is 0 Å². The minimum Gasteiger partial charge on any atom is -0.489 e. The maximum atomic E-state index is 12.6. The Morgan fingerprint density at radius 2 is 1.95 bits per heavy atom. The zero-order chi connectivity index (χ0) is 14.8. The number of nitrogens with zero attached hydrogens (tertiary/aromatic N) is 1. The maximum absolute atomic E-state index is 12.6. The van der Waals surface area contributed by atoms with Crippen molar-refractivity contribution in [1.29, 1.82) is 0 Å². The molecule has 108 valence electrons. The predicted molar refractivity (Wildman–Crippen MR) is 53.4 cm³/mol. The van der Waals surface area contributed by atoms with Crippen LogP contribution in [0.15, 0.2) is 23.6 Å². The van der Waals surface area contributed by atoms with Gasteiger partial charge < -0.3 is 14.7 Å². The van der Waals surface area contributed by atoms with Crippen molar-refractivity contribution in [2.75, 3.05) is 20.2 Å². The first kappa shape index (κ1) is 15.3. The smallest absolute Gasteiger partial charge is 0.456 e. The summed E-state index contributed by atoms with van der Waals surface area (Å²) in [6, 6.07) is 0. The van der Waals surface area contributed by atoms with E-state index in [4.69, 9.17) is 5.11 Å². The van der Waals surface area contributed by atoms with Gasteiger partial charge in [0.2, 0.25) is 0 Å². The molecule has 0 fully saturated rings. The van der Waals surface area contributed by atoms with Crippen molar-refractivity contribution < 1.29 is 36.6 Å². The molecule has 1 N–H and O–H groups in total. The molecule has 0 amide bonds. The van der Waals surface area contributed by atoms with E-state index >= 15 is 0 Å². The van der Waals surface area contributed by atoms with Crippen LogP contribution < -0.4 is 0 Å². The van der Waals surface area contributed by atoms with Crippen LogP contribution in [0.25, 0.3) is 0 Å². The van der Waals surface area contributed by atoms with Crippen LogP contribution in [0, 0.1) is 0 Å². The molecule has 0 bridgehead atoms. The highest BCUT2D eigenvalue weighted by Gasteiger charge is 2.58. The van der Waals surface area contributed by atoms with Crippen molar-refractivity contribution >= 4 is 5.97 Å². The summed E-state index contributed by atoms with van der Waals surface area (Å²) in [5.41, 5.74) is -0.116. The third-order valence-corrected chi connectivity index (χ3v) is 2.30. The standard InChI is InChI=1S/C10H10F5NO3/c1-16-4-6(2-3-7(16)8(17)18)19-5-9(11,12)10(13,14)15/h2-3H,4-5H2,1H3,(H,17,18). The minimum absolute atomic E-state index is 0.116. The molecule has 1 aliphatic heterocycles. The van der Waals surface area contributed by atoms with Gasteiger partial charge in [-0.05, 0) is 12.2 Å². The molecule has 0 aliphatic carbocycles. The van der Waals surface area contributed by atoms with Crippen molar-refractivity contribution in [3.05, 3.63) is 23.6 Å². The van der Waals surface area contributed by atoms with Gasteiger partial charge >= 0.3 is 18.1 Å². The first-order valence-electron chi connectivity index (χ1n) is 4.97. The Kier molecular flexibility index (Phi) is 4.06. The van der Waals surface area contributed by atoms with E-state index in [1.165, 1.54) is 7.05 Å². The summed E-state index contributed by atoms with van der Waals surface area (Å²) in [4.78, 5) is 11.8. The molecule has 0 spiro atoms. The Bertz CT molecular complexity index is 427. The number of carboxylic acid groups (broad SMARTS) is 1. The maximum Gasteiger partial charge on any atom is 0.456 e. The molecule has 1 heterocycles. The molecule has 0 atom stereocenters. The van der Waals surface area contributed by atoms with E-state index in [9.17, 15) is 26.7 Å². The summed E-state index contributed by atoms with van der Waals surface area (Å²) in [5, 5.41) is 8.71. The highest BCUT2D eigenvalue weighted by Crippen LogP contribution is 2.36. The van der Waals surface area contributed by atoms with E-state index in [-0.39, 0.29) is 18.0 Å². The number of allylic oxidation sites excluding steroid dienone is 2. The van der Waals surface area contributed by atoms with Crippen LogP contribution in [0.5, 0.6) is 0 Å². The molecule has 0 aromatic heterocycles.